The summed E-state index contributed by atoms with van der Waals surface area (Å²) in [6.07, 6.45) is 0.866. The lowest BCUT2D eigenvalue weighted by molar-refractivity contribution is 0.386. The van der Waals surface area contributed by atoms with Crippen molar-refractivity contribution in [2.75, 3.05) is 5.88 Å². The summed E-state index contributed by atoms with van der Waals surface area (Å²) in [6.45, 7) is 4.67. The molecule has 0 saturated carbocycles. The van der Waals surface area contributed by atoms with Crippen molar-refractivity contribution in [1.82, 2.24) is 5.32 Å². The molecule has 0 fully saturated rings. The molecular formula is C13H18Cl2FN. The standard InChI is InChI=1S/C13H18Cl2FN/c1-9(2)13(6-7-14)17-8-10-11(15)4-3-5-12(10)16/h3-5,9,13,17H,6-8H2,1-2H3. The molecule has 1 N–H and O–H groups in total. The highest BCUT2D eigenvalue weighted by atomic mass is 35.5. The third-order valence-electron chi connectivity index (χ3n) is 2.83. The number of benzene rings is 1. The van der Waals surface area contributed by atoms with Crippen molar-refractivity contribution < 1.29 is 4.39 Å². The first-order valence-electron chi connectivity index (χ1n) is 5.78. The Labute approximate surface area is 112 Å². The topological polar surface area (TPSA) is 12.0 Å². The van der Waals surface area contributed by atoms with Gasteiger partial charge in [-0.1, -0.05) is 31.5 Å². The van der Waals surface area contributed by atoms with Crippen LogP contribution in [-0.2, 0) is 6.54 Å². The highest BCUT2D eigenvalue weighted by Gasteiger charge is 2.14. The first kappa shape index (κ1) is 14.7. The predicted octanol–water partition coefficient (Wildman–Crippen LogP) is 4.22. The first-order chi connectivity index (χ1) is 8.06. The summed E-state index contributed by atoms with van der Waals surface area (Å²) in [6, 6.07) is 5.02. The summed E-state index contributed by atoms with van der Waals surface area (Å²) in [5, 5.41) is 3.77. The second-order valence-corrected chi connectivity index (χ2v) is 5.19. The number of nitrogens with one attached hydrogen (secondary N) is 1. The van der Waals surface area contributed by atoms with Gasteiger partial charge in [0, 0.05) is 29.1 Å². The molecule has 96 valence electrons. The van der Waals surface area contributed by atoms with Gasteiger partial charge >= 0.3 is 0 Å². The highest BCUT2D eigenvalue weighted by molar-refractivity contribution is 6.31. The number of rotatable bonds is 6. The van der Waals surface area contributed by atoms with Crippen LogP contribution in [0, 0.1) is 11.7 Å². The number of hydrogen-bond donors (Lipinski definition) is 1. The fourth-order valence-corrected chi connectivity index (χ4v) is 2.19. The van der Waals surface area contributed by atoms with Gasteiger partial charge in [-0.25, -0.2) is 4.39 Å². The van der Waals surface area contributed by atoms with Gasteiger partial charge < -0.3 is 5.32 Å². The van der Waals surface area contributed by atoms with Crippen LogP contribution in [0.2, 0.25) is 5.02 Å². The van der Waals surface area contributed by atoms with Gasteiger partial charge in [0.15, 0.2) is 0 Å². The predicted molar refractivity (Wildman–Crippen MR) is 72.2 cm³/mol. The molecule has 0 amide bonds. The molecule has 17 heavy (non-hydrogen) atoms. The summed E-state index contributed by atoms with van der Waals surface area (Å²) in [5.74, 6) is 0.790. The molecule has 1 aromatic carbocycles. The molecule has 4 heteroatoms. The zero-order valence-electron chi connectivity index (χ0n) is 10.1. The molecule has 1 aromatic rings. The zero-order chi connectivity index (χ0) is 12.8. The molecule has 0 aliphatic rings. The molecule has 1 atom stereocenters. The second-order valence-electron chi connectivity index (χ2n) is 4.41. The Morgan fingerprint density at radius 3 is 2.59 bits per heavy atom. The Balaban J connectivity index is 2.65. The van der Waals surface area contributed by atoms with Crippen molar-refractivity contribution in [3.8, 4) is 0 Å². The van der Waals surface area contributed by atoms with Crippen LogP contribution >= 0.6 is 23.2 Å². The second kappa shape index (κ2) is 7.20. The molecule has 0 bridgehead atoms. The van der Waals surface area contributed by atoms with Gasteiger partial charge in [-0.3, -0.25) is 0 Å². The summed E-state index contributed by atoms with van der Waals surface area (Å²) in [4.78, 5) is 0. The van der Waals surface area contributed by atoms with Crippen molar-refractivity contribution in [3.05, 3.63) is 34.6 Å². The average Bonchev–Trinajstić information content (AvgIpc) is 2.26. The maximum atomic E-state index is 13.5. The molecule has 1 nitrogen and oxygen atoms in total. The normalized spacial score (nSPS) is 13.1. The van der Waals surface area contributed by atoms with E-state index in [4.69, 9.17) is 23.2 Å². The summed E-state index contributed by atoms with van der Waals surface area (Å²) < 4.78 is 13.5. The SMILES string of the molecule is CC(C)C(CCCl)NCc1c(F)cccc1Cl. The molecule has 0 aliphatic heterocycles. The van der Waals surface area contributed by atoms with E-state index in [9.17, 15) is 4.39 Å². The van der Waals surface area contributed by atoms with Crippen LogP contribution in [-0.4, -0.2) is 11.9 Å². The minimum atomic E-state index is -0.265. The van der Waals surface area contributed by atoms with E-state index in [1.807, 2.05) is 0 Å². The van der Waals surface area contributed by atoms with E-state index in [1.54, 1.807) is 12.1 Å². The van der Waals surface area contributed by atoms with Crippen molar-refractivity contribution in [2.45, 2.75) is 32.9 Å². The van der Waals surface area contributed by atoms with Gasteiger partial charge in [-0.15, -0.1) is 11.6 Å². The van der Waals surface area contributed by atoms with Crippen molar-refractivity contribution in [1.29, 1.82) is 0 Å². The summed E-state index contributed by atoms with van der Waals surface area (Å²) in [7, 11) is 0. The van der Waals surface area contributed by atoms with Gasteiger partial charge in [-0.05, 0) is 24.5 Å². The van der Waals surface area contributed by atoms with Crippen molar-refractivity contribution in [3.63, 3.8) is 0 Å². The van der Waals surface area contributed by atoms with E-state index in [0.717, 1.165) is 6.42 Å². The zero-order valence-corrected chi connectivity index (χ0v) is 11.7. The van der Waals surface area contributed by atoms with Crippen LogP contribution in [0.3, 0.4) is 0 Å². The summed E-state index contributed by atoms with van der Waals surface area (Å²) >= 11 is 11.7. The van der Waals surface area contributed by atoms with Gasteiger partial charge in [-0.2, -0.15) is 0 Å². The first-order valence-corrected chi connectivity index (χ1v) is 6.69. The van der Waals surface area contributed by atoms with Crippen LogP contribution in [0.5, 0.6) is 0 Å². The smallest absolute Gasteiger partial charge is 0.129 e. The quantitative estimate of drug-likeness (QED) is 0.768. The third-order valence-corrected chi connectivity index (χ3v) is 3.40. The molecule has 0 spiro atoms. The lowest BCUT2D eigenvalue weighted by Gasteiger charge is -2.22. The van der Waals surface area contributed by atoms with E-state index in [2.05, 4.69) is 19.2 Å². The maximum absolute atomic E-state index is 13.5. The van der Waals surface area contributed by atoms with E-state index < -0.39 is 0 Å². The number of alkyl halides is 1. The Hall–Kier alpha value is -0.310. The van der Waals surface area contributed by atoms with Gasteiger partial charge in [0.25, 0.3) is 0 Å². The van der Waals surface area contributed by atoms with E-state index in [-0.39, 0.29) is 11.9 Å². The van der Waals surface area contributed by atoms with E-state index >= 15 is 0 Å². The molecule has 1 rings (SSSR count). The maximum Gasteiger partial charge on any atom is 0.129 e. The Kier molecular flexibility index (Phi) is 6.24. The molecule has 0 aromatic heterocycles. The lowest BCUT2D eigenvalue weighted by Crippen LogP contribution is -2.34. The molecule has 0 heterocycles. The van der Waals surface area contributed by atoms with Gasteiger partial charge in [0.05, 0.1) is 0 Å². The molecule has 0 radical (unpaired) electrons. The van der Waals surface area contributed by atoms with E-state index in [1.165, 1.54) is 6.07 Å². The molecule has 0 aliphatic carbocycles. The Morgan fingerprint density at radius 1 is 1.35 bits per heavy atom. The fraction of sp³-hybridized carbons (Fsp3) is 0.538. The minimum absolute atomic E-state index is 0.265. The van der Waals surface area contributed by atoms with E-state index in [0.29, 0.717) is 28.9 Å². The van der Waals surface area contributed by atoms with Crippen LogP contribution < -0.4 is 5.32 Å². The van der Waals surface area contributed by atoms with Gasteiger partial charge in [0.2, 0.25) is 0 Å². The Morgan fingerprint density at radius 2 is 2.06 bits per heavy atom. The van der Waals surface area contributed by atoms with Crippen LogP contribution in [0.1, 0.15) is 25.8 Å². The molecule has 1 unspecified atom stereocenters. The lowest BCUT2D eigenvalue weighted by atomic mass is 10.0. The van der Waals surface area contributed by atoms with Crippen LogP contribution in [0.25, 0.3) is 0 Å². The van der Waals surface area contributed by atoms with Crippen LogP contribution in [0.4, 0.5) is 4.39 Å². The number of hydrogen-bond acceptors (Lipinski definition) is 1. The Bertz CT molecular complexity index is 335. The monoisotopic (exact) mass is 277 g/mol. The van der Waals surface area contributed by atoms with Crippen LogP contribution in [0.15, 0.2) is 18.2 Å². The molecular weight excluding hydrogens is 260 g/mol. The largest absolute Gasteiger partial charge is 0.309 e. The third kappa shape index (κ3) is 4.46. The average molecular weight is 278 g/mol. The fourth-order valence-electron chi connectivity index (χ4n) is 1.72. The summed E-state index contributed by atoms with van der Waals surface area (Å²) in [5.41, 5.74) is 0.523. The van der Waals surface area contributed by atoms with Crippen molar-refractivity contribution in [2.24, 2.45) is 5.92 Å². The highest BCUT2D eigenvalue weighted by Crippen LogP contribution is 2.19. The van der Waals surface area contributed by atoms with Gasteiger partial charge in [0.1, 0.15) is 5.82 Å². The minimum Gasteiger partial charge on any atom is -0.309 e. The molecule has 0 saturated heterocycles. The van der Waals surface area contributed by atoms with Crippen molar-refractivity contribution >= 4 is 23.2 Å². The number of halogens is 3.